The molecule has 1 N–H and O–H groups in total. The van der Waals surface area contributed by atoms with Gasteiger partial charge in [-0.15, -0.1) is 0 Å². The summed E-state index contributed by atoms with van der Waals surface area (Å²) in [4.78, 5) is 37.1. The van der Waals surface area contributed by atoms with Crippen molar-refractivity contribution < 1.29 is 23.9 Å². The minimum Gasteiger partial charge on any atom is -0.492 e. The van der Waals surface area contributed by atoms with Crippen LogP contribution in [0.1, 0.15) is 83.3 Å². The van der Waals surface area contributed by atoms with Gasteiger partial charge in [-0.1, -0.05) is 24.3 Å². The summed E-state index contributed by atoms with van der Waals surface area (Å²) in [6, 6.07) is 10.9. The lowest BCUT2D eigenvalue weighted by Crippen LogP contribution is -2.47. The number of nitrogens with zero attached hydrogens (tertiary/aromatic N) is 1. The van der Waals surface area contributed by atoms with Crippen molar-refractivity contribution in [3.8, 4) is 5.75 Å². The fraction of sp³-hybridized carbons (Fsp3) is 0.545. The average molecular weight is 549 g/mol. The van der Waals surface area contributed by atoms with Crippen LogP contribution in [0.25, 0.3) is 16.3 Å². The van der Waals surface area contributed by atoms with Gasteiger partial charge in [0.25, 0.3) is 0 Å². The van der Waals surface area contributed by atoms with Gasteiger partial charge in [-0.25, -0.2) is 4.79 Å². The molecule has 1 amide bonds. The number of nitrogens with one attached hydrogen (secondary N) is 1. The molecule has 1 atom stereocenters. The summed E-state index contributed by atoms with van der Waals surface area (Å²) >= 11 is 0. The highest BCUT2D eigenvalue weighted by Crippen LogP contribution is 2.47. The quantitative estimate of drug-likeness (QED) is 0.248. The molecule has 7 nitrogen and oxygen atoms in total. The number of allylic oxidation sites excluding steroid dienone is 2. The molecule has 4 rings (SSSR count). The molecule has 2 aromatic carbocycles. The van der Waals surface area contributed by atoms with Crippen LogP contribution in [0.4, 0.5) is 4.79 Å². The van der Waals surface area contributed by atoms with Crippen LogP contribution >= 0.6 is 0 Å². The Kier molecular flexibility index (Phi) is 10.0. The molecule has 7 heteroatoms. The van der Waals surface area contributed by atoms with E-state index in [1.54, 1.807) is 4.90 Å². The second-order valence-electron chi connectivity index (χ2n) is 12.0. The number of piperidine rings is 1. The smallest absolute Gasteiger partial charge is 0.410 e. The lowest BCUT2D eigenvalue weighted by atomic mass is 9.83. The Balaban J connectivity index is 1.36. The van der Waals surface area contributed by atoms with Crippen LogP contribution in [-0.2, 0) is 14.3 Å². The molecule has 2 aromatic rings. The van der Waals surface area contributed by atoms with E-state index in [9.17, 15) is 14.4 Å². The van der Waals surface area contributed by atoms with Gasteiger partial charge in [-0.3, -0.25) is 0 Å². The fourth-order valence-electron chi connectivity index (χ4n) is 5.58. The Morgan fingerprint density at radius 1 is 1.10 bits per heavy atom. The lowest BCUT2D eigenvalue weighted by Gasteiger charge is -2.33. The van der Waals surface area contributed by atoms with Gasteiger partial charge in [0.15, 0.2) is 0 Å². The first-order valence-electron chi connectivity index (χ1n) is 14.7. The maximum atomic E-state index is 12.3. The van der Waals surface area contributed by atoms with Gasteiger partial charge in [0.05, 0.1) is 0 Å². The van der Waals surface area contributed by atoms with E-state index in [0.717, 1.165) is 59.6 Å². The standard InChI is InChI=1S/C33H44N2O5/c1-5-28(25(22-37)7-6-19-36)31-29(23-8-9-23)12-10-24-21-27(11-13-30(24)31)39-20-16-34-26-14-17-35(18-15-26)32(38)40-33(2,3)4/h5,10-13,19,21-23,25-26,34H,6-9,14-18,20H2,1-4H3/b28-5-. The molecule has 1 aliphatic heterocycles. The third-order valence-corrected chi connectivity index (χ3v) is 7.75. The fourth-order valence-corrected chi connectivity index (χ4v) is 5.58. The summed E-state index contributed by atoms with van der Waals surface area (Å²) in [6.07, 6.45) is 8.71. The van der Waals surface area contributed by atoms with E-state index in [1.165, 1.54) is 18.4 Å². The summed E-state index contributed by atoms with van der Waals surface area (Å²) in [5.74, 6) is 1.05. The SMILES string of the molecule is C/C=C(\c1c(C2CC2)ccc2cc(OCCNC3CCN(C(=O)OC(C)(C)C)CC3)ccc12)C(C=O)CCC=O. The van der Waals surface area contributed by atoms with Gasteiger partial charge in [-0.2, -0.15) is 0 Å². The van der Waals surface area contributed by atoms with Crippen LogP contribution in [-0.4, -0.2) is 61.4 Å². The first kappa shape index (κ1) is 29.8. The summed E-state index contributed by atoms with van der Waals surface area (Å²) in [7, 11) is 0. The first-order valence-corrected chi connectivity index (χ1v) is 14.7. The lowest BCUT2D eigenvalue weighted by molar-refractivity contribution is -0.110. The van der Waals surface area contributed by atoms with Crippen molar-refractivity contribution in [2.45, 2.75) is 83.8 Å². The molecule has 0 spiro atoms. The van der Waals surface area contributed by atoms with Crippen LogP contribution in [0.3, 0.4) is 0 Å². The summed E-state index contributed by atoms with van der Waals surface area (Å²) in [5.41, 5.74) is 2.99. The van der Waals surface area contributed by atoms with Gasteiger partial charge >= 0.3 is 6.09 Å². The summed E-state index contributed by atoms with van der Waals surface area (Å²) in [5, 5.41) is 5.77. The third kappa shape index (κ3) is 7.72. The molecule has 216 valence electrons. The predicted octanol–water partition coefficient (Wildman–Crippen LogP) is 6.28. The highest BCUT2D eigenvalue weighted by atomic mass is 16.6. The highest BCUT2D eigenvalue weighted by Gasteiger charge is 2.30. The van der Waals surface area contributed by atoms with Crippen molar-refractivity contribution in [1.82, 2.24) is 10.2 Å². The Bertz CT molecular complexity index is 1220. The first-order chi connectivity index (χ1) is 19.2. The number of hydrogen-bond donors (Lipinski definition) is 1. The number of hydrogen-bond acceptors (Lipinski definition) is 6. The van der Waals surface area contributed by atoms with E-state index in [-0.39, 0.29) is 12.0 Å². The van der Waals surface area contributed by atoms with Crippen LogP contribution in [0.5, 0.6) is 5.75 Å². The number of aldehydes is 2. The monoisotopic (exact) mass is 548 g/mol. The predicted molar refractivity (Wildman–Crippen MR) is 159 cm³/mol. The van der Waals surface area contributed by atoms with E-state index >= 15 is 0 Å². The number of likely N-dealkylation sites (tertiary alicyclic amines) is 1. The molecule has 1 saturated heterocycles. The van der Waals surface area contributed by atoms with Crippen molar-refractivity contribution in [3.63, 3.8) is 0 Å². The molecule has 1 unspecified atom stereocenters. The van der Waals surface area contributed by atoms with Crippen LogP contribution in [0, 0.1) is 5.92 Å². The number of carbonyl (C=O) groups is 3. The van der Waals surface area contributed by atoms with Crippen molar-refractivity contribution >= 4 is 35.0 Å². The zero-order valence-corrected chi connectivity index (χ0v) is 24.4. The zero-order chi connectivity index (χ0) is 28.7. The Labute approximate surface area is 238 Å². The van der Waals surface area contributed by atoms with Crippen molar-refractivity contribution in [2.24, 2.45) is 5.92 Å². The molecular formula is C33H44N2O5. The van der Waals surface area contributed by atoms with E-state index in [1.807, 2.05) is 39.8 Å². The Morgan fingerprint density at radius 3 is 2.48 bits per heavy atom. The van der Waals surface area contributed by atoms with Gasteiger partial charge in [0.1, 0.15) is 30.5 Å². The number of carbonyl (C=O) groups excluding carboxylic acids is 3. The van der Waals surface area contributed by atoms with Crippen LogP contribution < -0.4 is 10.1 Å². The largest absolute Gasteiger partial charge is 0.492 e. The topological polar surface area (TPSA) is 84.9 Å². The molecule has 0 bridgehead atoms. The van der Waals surface area contributed by atoms with E-state index in [2.05, 4.69) is 29.6 Å². The van der Waals surface area contributed by atoms with E-state index in [4.69, 9.17) is 9.47 Å². The van der Waals surface area contributed by atoms with Gasteiger partial charge in [0, 0.05) is 38.0 Å². The van der Waals surface area contributed by atoms with Crippen LogP contribution in [0.2, 0.25) is 0 Å². The maximum absolute atomic E-state index is 12.3. The summed E-state index contributed by atoms with van der Waals surface area (Å²) in [6.45, 7) is 10.3. The van der Waals surface area contributed by atoms with Gasteiger partial charge in [0.2, 0.25) is 0 Å². The molecule has 1 aliphatic carbocycles. The van der Waals surface area contributed by atoms with Gasteiger partial charge in [-0.05, 0) is 105 Å². The van der Waals surface area contributed by atoms with Crippen molar-refractivity contribution in [3.05, 3.63) is 47.5 Å². The third-order valence-electron chi connectivity index (χ3n) is 7.75. The second kappa shape index (κ2) is 13.4. The van der Waals surface area contributed by atoms with Gasteiger partial charge < -0.3 is 29.3 Å². The molecule has 1 saturated carbocycles. The molecule has 0 radical (unpaired) electrons. The highest BCUT2D eigenvalue weighted by molar-refractivity contribution is 5.99. The number of rotatable bonds is 12. The molecular weight excluding hydrogens is 504 g/mol. The number of fused-ring (bicyclic) bond motifs is 1. The normalized spacial score (nSPS) is 17.5. The molecule has 0 aromatic heterocycles. The van der Waals surface area contributed by atoms with Crippen molar-refractivity contribution in [2.75, 3.05) is 26.2 Å². The number of amides is 1. The summed E-state index contributed by atoms with van der Waals surface area (Å²) < 4.78 is 11.6. The minimum absolute atomic E-state index is 0.234. The molecule has 2 aliphatic rings. The maximum Gasteiger partial charge on any atom is 0.410 e. The van der Waals surface area contributed by atoms with Crippen molar-refractivity contribution in [1.29, 1.82) is 0 Å². The molecule has 1 heterocycles. The van der Waals surface area contributed by atoms with E-state index in [0.29, 0.717) is 44.5 Å². The number of benzene rings is 2. The number of ether oxygens (including phenoxy) is 2. The van der Waals surface area contributed by atoms with Crippen LogP contribution in [0.15, 0.2) is 36.4 Å². The molecule has 2 fully saturated rings. The van der Waals surface area contributed by atoms with E-state index < -0.39 is 5.60 Å². The average Bonchev–Trinajstić information content (AvgIpc) is 3.78. The Morgan fingerprint density at radius 2 is 1.85 bits per heavy atom. The Hall–Kier alpha value is -3.19. The second-order valence-corrected chi connectivity index (χ2v) is 12.0. The zero-order valence-electron chi connectivity index (χ0n) is 24.4. The minimum atomic E-state index is -0.475. The molecule has 40 heavy (non-hydrogen) atoms.